The highest BCUT2D eigenvalue weighted by Crippen LogP contribution is 2.37. The second-order valence-corrected chi connectivity index (χ2v) is 5.21. The number of rotatable bonds is 7. The highest BCUT2D eigenvalue weighted by molar-refractivity contribution is 6.32. The maximum atomic E-state index is 11.1. The largest absolute Gasteiger partial charge is 0.493 e. The van der Waals surface area contributed by atoms with Gasteiger partial charge in [0.25, 0.3) is 5.91 Å². The van der Waals surface area contributed by atoms with E-state index < -0.39 is 12.0 Å². The van der Waals surface area contributed by atoms with Crippen LogP contribution in [0.25, 0.3) is 0 Å². The molecule has 20 heavy (non-hydrogen) atoms. The summed E-state index contributed by atoms with van der Waals surface area (Å²) in [6.07, 6.45) is -0.777. The molecule has 112 valence electrons. The molecule has 1 rings (SSSR count). The number of nitrogens with one attached hydrogen (secondary N) is 1. The number of carbonyl (C=O) groups excluding carboxylic acids is 1. The van der Waals surface area contributed by atoms with Crippen molar-refractivity contribution in [2.45, 2.75) is 39.5 Å². The molecule has 0 heterocycles. The Labute approximate surface area is 124 Å². The molecule has 1 atom stereocenters. The fraction of sp³-hybridized carbons (Fsp3) is 0.500. The zero-order valence-corrected chi connectivity index (χ0v) is 13.0. The number of amides is 1. The van der Waals surface area contributed by atoms with Crippen molar-refractivity contribution in [3.05, 3.63) is 22.7 Å². The lowest BCUT2D eigenvalue weighted by Gasteiger charge is -2.17. The summed E-state index contributed by atoms with van der Waals surface area (Å²) in [7, 11) is 1.52. The molecule has 0 aliphatic heterocycles. The summed E-state index contributed by atoms with van der Waals surface area (Å²) < 4.78 is 10.7. The van der Waals surface area contributed by atoms with Crippen molar-refractivity contribution >= 4 is 17.5 Å². The molecule has 3 N–H and O–H groups in total. The molecule has 6 heteroatoms. The molecule has 0 aromatic heterocycles. The van der Waals surface area contributed by atoms with Crippen molar-refractivity contribution in [3.8, 4) is 11.5 Å². The van der Waals surface area contributed by atoms with Crippen LogP contribution in [0.15, 0.2) is 12.1 Å². The van der Waals surface area contributed by atoms with E-state index in [1.807, 2.05) is 6.07 Å². The second-order valence-electron chi connectivity index (χ2n) is 4.81. The smallest absolute Gasteiger partial charge is 0.258 e. The lowest BCUT2D eigenvalue weighted by atomic mass is 10.2. The van der Waals surface area contributed by atoms with Gasteiger partial charge in [-0.25, -0.2) is 0 Å². The van der Waals surface area contributed by atoms with Crippen LogP contribution in [0.5, 0.6) is 11.5 Å². The van der Waals surface area contributed by atoms with Crippen molar-refractivity contribution < 1.29 is 14.3 Å². The molecule has 1 amide bonds. The van der Waals surface area contributed by atoms with Crippen molar-refractivity contribution in [1.29, 1.82) is 0 Å². The quantitative estimate of drug-likeness (QED) is 0.809. The monoisotopic (exact) mass is 300 g/mol. The average Bonchev–Trinajstić information content (AvgIpc) is 2.38. The van der Waals surface area contributed by atoms with Crippen LogP contribution in [-0.2, 0) is 11.3 Å². The van der Waals surface area contributed by atoms with Crippen LogP contribution in [0.4, 0.5) is 0 Å². The molecule has 0 aliphatic carbocycles. The van der Waals surface area contributed by atoms with Gasteiger partial charge in [0, 0.05) is 12.6 Å². The molecular weight excluding hydrogens is 280 g/mol. The lowest BCUT2D eigenvalue weighted by molar-refractivity contribution is -0.124. The molecule has 0 saturated carbocycles. The number of primary amides is 1. The first kappa shape index (κ1) is 16.6. The van der Waals surface area contributed by atoms with Gasteiger partial charge in [-0.3, -0.25) is 4.79 Å². The Morgan fingerprint density at radius 1 is 1.40 bits per heavy atom. The number of ether oxygens (including phenoxy) is 2. The summed E-state index contributed by atoms with van der Waals surface area (Å²) in [4.78, 5) is 11.1. The van der Waals surface area contributed by atoms with E-state index in [0.717, 1.165) is 5.56 Å². The van der Waals surface area contributed by atoms with Crippen LogP contribution >= 0.6 is 11.6 Å². The number of halogens is 1. The molecule has 1 aromatic carbocycles. The van der Waals surface area contributed by atoms with Gasteiger partial charge in [-0.05, 0) is 24.6 Å². The summed E-state index contributed by atoms with van der Waals surface area (Å²) in [5.41, 5.74) is 6.15. The van der Waals surface area contributed by atoms with Crippen LogP contribution < -0.4 is 20.5 Å². The van der Waals surface area contributed by atoms with Gasteiger partial charge in [0.15, 0.2) is 17.6 Å². The number of methoxy groups -OCH3 is 1. The van der Waals surface area contributed by atoms with Crippen LogP contribution in [0.2, 0.25) is 5.02 Å². The molecular formula is C14H21ClN2O3. The molecule has 1 aromatic rings. The van der Waals surface area contributed by atoms with Crippen molar-refractivity contribution in [2.24, 2.45) is 5.73 Å². The first-order chi connectivity index (χ1) is 9.35. The Hall–Kier alpha value is -1.46. The minimum atomic E-state index is -0.777. The summed E-state index contributed by atoms with van der Waals surface area (Å²) in [5.74, 6) is 0.244. The Morgan fingerprint density at radius 3 is 2.55 bits per heavy atom. The molecule has 0 aliphatic rings. The van der Waals surface area contributed by atoms with Crippen LogP contribution in [0.1, 0.15) is 26.3 Å². The predicted octanol–water partition coefficient (Wildman–Crippen LogP) is 2.10. The number of carbonyl (C=O) groups is 1. The van der Waals surface area contributed by atoms with E-state index in [2.05, 4.69) is 19.2 Å². The van der Waals surface area contributed by atoms with E-state index in [0.29, 0.717) is 29.1 Å². The van der Waals surface area contributed by atoms with Gasteiger partial charge in [-0.1, -0.05) is 25.4 Å². The van der Waals surface area contributed by atoms with E-state index in [9.17, 15) is 4.79 Å². The Balaban J connectivity index is 2.98. The van der Waals surface area contributed by atoms with Gasteiger partial charge in [0.1, 0.15) is 0 Å². The fourth-order valence-corrected chi connectivity index (χ4v) is 1.82. The van der Waals surface area contributed by atoms with Crippen molar-refractivity contribution in [3.63, 3.8) is 0 Å². The molecule has 0 spiro atoms. The van der Waals surface area contributed by atoms with Crippen LogP contribution in [0, 0.1) is 0 Å². The SMILES string of the molecule is COc1cc(CNC(C)C)cc(Cl)c1OC(C)C(N)=O. The molecule has 1 unspecified atom stereocenters. The van der Waals surface area contributed by atoms with Gasteiger partial charge < -0.3 is 20.5 Å². The summed E-state index contributed by atoms with van der Waals surface area (Å²) in [6, 6.07) is 3.97. The van der Waals surface area contributed by atoms with Gasteiger partial charge in [-0.15, -0.1) is 0 Å². The first-order valence-corrected chi connectivity index (χ1v) is 6.78. The van der Waals surface area contributed by atoms with Crippen molar-refractivity contribution in [2.75, 3.05) is 7.11 Å². The molecule has 0 fully saturated rings. The van der Waals surface area contributed by atoms with Crippen LogP contribution in [-0.4, -0.2) is 25.2 Å². The van der Waals surface area contributed by atoms with Crippen LogP contribution in [0.3, 0.4) is 0 Å². The molecule has 0 saturated heterocycles. The van der Waals surface area contributed by atoms with E-state index in [1.165, 1.54) is 7.11 Å². The topological polar surface area (TPSA) is 73.6 Å². The molecule has 5 nitrogen and oxygen atoms in total. The zero-order valence-electron chi connectivity index (χ0n) is 12.2. The number of hydrogen-bond donors (Lipinski definition) is 2. The number of nitrogens with two attached hydrogens (primary N) is 1. The predicted molar refractivity (Wildman–Crippen MR) is 79.3 cm³/mol. The van der Waals surface area contributed by atoms with Gasteiger partial charge in [-0.2, -0.15) is 0 Å². The standard InChI is InChI=1S/C14H21ClN2O3/c1-8(2)17-7-10-5-11(15)13(12(6-10)19-4)20-9(3)14(16)18/h5-6,8-9,17H,7H2,1-4H3,(H2,16,18). The number of hydrogen-bond acceptors (Lipinski definition) is 4. The lowest BCUT2D eigenvalue weighted by Crippen LogP contribution is -2.30. The third kappa shape index (κ3) is 4.58. The second kappa shape index (κ2) is 7.36. The molecule has 0 radical (unpaired) electrons. The Morgan fingerprint density at radius 2 is 2.05 bits per heavy atom. The van der Waals surface area contributed by atoms with E-state index in [1.54, 1.807) is 13.0 Å². The summed E-state index contributed by atoms with van der Waals surface area (Å²) in [5, 5.41) is 3.68. The summed E-state index contributed by atoms with van der Waals surface area (Å²) in [6.45, 7) is 6.35. The summed E-state index contributed by atoms with van der Waals surface area (Å²) >= 11 is 6.19. The highest BCUT2D eigenvalue weighted by Gasteiger charge is 2.17. The zero-order chi connectivity index (χ0) is 15.3. The maximum absolute atomic E-state index is 11.1. The third-order valence-corrected chi connectivity index (χ3v) is 2.98. The Bertz CT molecular complexity index is 478. The van der Waals surface area contributed by atoms with E-state index in [-0.39, 0.29) is 0 Å². The van der Waals surface area contributed by atoms with Crippen molar-refractivity contribution in [1.82, 2.24) is 5.32 Å². The first-order valence-electron chi connectivity index (χ1n) is 6.41. The average molecular weight is 301 g/mol. The highest BCUT2D eigenvalue weighted by atomic mass is 35.5. The van der Waals surface area contributed by atoms with Gasteiger partial charge in [0.05, 0.1) is 12.1 Å². The maximum Gasteiger partial charge on any atom is 0.258 e. The molecule has 0 bridgehead atoms. The normalized spacial score (nSPS) is 12.3. The third-order valence-electron chi connectivity index (χ3n) is 2.70. The fourth-order valence-electron chi connectivity index (χ4n) is 1.55. The van der Waals surface area contributed by atoms with E-state index in [4.69, 9.17) is 26.8 Å². The minimum Gasteiger partial charge on any atom is -0.493 e. The van der Waals surface area contributed by atoms with Gasteiger partial charge in [0.2, 0.25) is 0 Å². The van der Waals surface area contributed by atoms with Gasteiger partial charge >= 0.3 is 0 Å². The Kier molecular flexibility index (Phi) is 6.10. The van der Waals surface area contributed by atoms with E-state index >= 15 is 0 Å². The minimum absolute atomic E-state index is 0.328. The number of benzene rings is 1.